The van der Waals surface area contributed by atoms with Gasteiger partial charge in [0.25, 0.3) is 0 Å². The number of methoxy groups -OCH3 is 2. The number of likely N-dealkylation sites (N-methyl/N-ethyl adjacent to an activating group) is 1. The average molecular weight is 551 g/mol. The van der Waals surface area contributed by atoms with Gasteiger partial charge in [-0.15, -0.1) is 0 Å². The summed E-state index contributed by atoms with van der Waals surface area (Å²) in [6.07, 6.45) is 1.85. The monoisotopic (exact) mass is 550 g/mol. The third-order valence-corrected chi connectivity index (χ3v) is 8.22. The highest BCUT2D eigenvalue weighted by Crippen LogP contribution is 2.39. The third-order valence-electron chi connectivity index (χ3n) is 8.22. The summed E-state index contributed by atoms with van der Waals surface area (Å²) < 4.78 is 10.8. The van der Waals surface area contributed by atoms with Gasteiger partial charge in [-0.3, -0.25) is 0 Å². The van der Waals surface area contributed by atoms with Gasteiger partial charge in [0, 0.05) is 56.1 Å². The van der Waals surface area contributed by atoms with E-state index in [0.29, 0.717) is 5.95 Å². The smallest absolute Gasteiger partial charge is 0.222 e. The SMILES string of the molecule is COc1ccc(CN(Cc2ccc(OC)cc2)c2ccc3c(c2)CCc2c-3nc(N)nc2N2CCN(C)CC2)cc1. The number of rotatable bonds is 8. The first-order valence-electron chi connectivity index (χ1n) is 14.2. The highest BCUT2D eigenvalue weighted by atomic mass is 16.5. The Bertz CT molecular complexity index is 1450. The number of hydrogen-bond acceptors (Lipinski definition) is 8. The summed E-state index contributed by atoms with van der Waals surface area (Å²) in [4.78, 5) is 16.6. The molecule has 41 heavy (non-hydrogen) atoms. The number of nitrogens with zero attached hydrogens (tertiary/aromatic N) is 5. The van der Waals surface area contributed by atoms with E-state index in [4.69, 9.17) is 25.2 Å². The van der Waals surface area contributed by atoms with E-state index in [9.17, 15) is 0 Å². The normalized spacial score (nSPS) is 14.8. The molecule has 3 aromatic carbocycles. The quantitative estimate of drug-likeness (QED) is 0.335. The minimum atomic E-state index is 0.343. The number of aromatic nitrogens is 2. The average Bonchev–Trinajstić information content (AvgIpc) is 3.01. The van der Waals surface area contributed by atoms with Crippen LogP contribution >= 0.6 is 0 Å². The molecule has 0 bridgehead atoms. The van der Waals surface area contributed by atoms with Crippen molar-refractivity contribution in [3.8, 4) is 22.8 Å². The lowest BCUT2D eigenvalue weighted by Crippen LogP contribution is -2.45. The number of nitrogen functional groups attached to an aromatic ring is 1. The molecule has 0 radical (unpaired) electrons. The van der Waals surface area contributed by atoms with Crippen LogP contribution in [0.3, 0.4) is 0 Å². The largest absolute Gasteiger partial charge is 0.497 e. The summed E-state index contributed by atoms with van der Waals surface area (Å²) in [5.41, 5.74) is 14.6. The Hall–Kier alpha value is -4.30. The van der Waals surface area contributed by atoms with Crippen LogP contribution in [0.2, 0.25) is 0 Å². The van der Waals surface area contributed by atoms with Gasteiger partial charge in [0.05, 0.1) is 19.9 Å². The van der Waals surface area contributed by atoms with Crippen molar-refractivity contribution in [2.45, 2.75) is 25.9 Å². The molecule has 1 aromatic heterocycles. The summed E-state index contributed by atoms with van der Waals surface area (Å²) in [6, 6.07) is 23.4. The maximum atomic E-state index is 6.28. The topological polar surface area (TPSA) is 80.0 Å². The number of benzene rings is 3. The second-order valence-electron chi connectivity index (χ2n) is 10.9. The van der Waals surface area contributed by atoms with Gasteiger partial charge >= 0.3 is 0 Å². The molecule has 1 aliphatic carbocycles. The van der Waals surface area contributed by atoms with Crippen LogP contribution in [-0.2, 0) is 25.9 Å². The molecule has 0 amide bonds. The van der Waals surface area contributed by atoms with E-state index in [0.717, 1.165) is 80.7 Å². The Morgan fingerprint density at radius 1 is 0.780 bits per heavy atom. The van der Waals surface area contributed by atoms with Gasteiger partial charge in [-0.1, -0.05) is 30.3 Å². The lowest BCUT2D eigenvalue weighted by atomic mass is 9.88. The van der Waals surface area contributed by atoms with Crippen LogP contribution in [0.4, 0.5) is 17.5 Å². The Morgan fingerprint density at radius 3 is 1.98 bits per heavy atom. The molecule has 2 aliphatic rings. The van der Waals surface area contributed by atoms with Crippen molar-refractivity contribution in [1.82, 2.24) is 14.9 Å². The third kappa shape index (κ3) is 5.79. The molecule has 6 rings (SSSR count). The number of nitrogens with two attached hydrogens (primary N) is 1. The van der Waals surface area contributed by atoms with E-state index >= 15 is 0 Å². The van der Waals surface area contributed by atoms with Crippen molar-refractivity contribution in [3.63, 3.8) is 0 Å². The molecule has 1 fully saturated rings. The molecular weight excluding hydrogens is 512 g/mol. The summed E-state index contributed by atoms with van der Waals surface area (Å²) in [5, 5.41) is 0. The Labute approximate surface area is 242 Å². The van der Waals surface area contributed by atoms with Crippen LogP contribution < -0.4 is 25.0 Å². The highest BCUT2D eigenvalue weighted by molar-refractivity contribution is 5.77. The molecule has 8 heteroatoms. The van der Waals surface area contributed by atoms with Crippen molar-refractivity contribution in [3.05, 3.63) is 89.0 Å². The van der Waals surface area contributed by atoms with Gasteiger partial charge in [0.2, 0.25) is 5.95 Å². The predicted molar refractivity (Wildman–Crippen MR) is 165 cm³/mol. The summed E-state index contributed by atoms with van der Waals surface area (Å²) in [7, 11) is 5.56. The number of piperazine rings is 1. The van der Waals surface area contributed by atoms with Gasteiger partial charge in [-0.2, -0.15) is 4.98 Å². The van der Waals surface area contributed by atoms with Crippen LogP contribution in [0.5, 0.6) is 11.5 Å². The number of aryl methyl sites for hydroxylation is 1. The molecule has 2 N–H and O–H groups in total. The molecule has 1 saturated heterocycles. The van der Waals surface area contributed by atoms with Gasteiger partial charge < -0.3 is 29.9 Å². The minimum Gasteiger partial charge on any atom is -0.497 e. The molecule has 0 unspecified atom stereocenters. The fraction of sp³-hybridized carbons (Fsp3) is 0.333. The van der Waals surface area contributed by atoms with E-state index in [1.54, 1.807) is 14.2 Å². The first kappa shape index (κ1) is 26.9. The molecule has 2 heterocycles. The fourth-order valence-corrected chi connectivity index (χ4v) is 5.84. The Kier molecular flexibility index (Phi) is 7.65. The molecule has 4 aromatic rings. The van der Waals surface area contributed by atoms with E-state index < -0.39 is 0 Å². The molecule has 8 nitrogen and oxygen atoms in total. The van der Waals surface area contributed by atoms with E-state index in [-0.39, 0.29) is 0 Å². The van der Waals surface area contributed by atoms with Crippen LogP contribution in [-0.4, -0.2) is 62.3 Å². The molecule has 0 atom stereocenters. The van der Waals surface area contributed by atoms with Crippen LogP contribution in [0.15, 0.2) is 66.7 Å². The maximum Gasteiger partial charge on any atom is 0.222 e. The summed E-state index contributed by atoms with van der Waals surface area (Å²) in [5.74, 6) is 3.08. The molecule has 0 saturated carbocycles. The molecular formula is C33H38N6O2. The number of anilines is 3. The van der Waals surface area contributed by atoms with Gasteiger partial charge in [-0.25, -0.2) is 4.98 Å². The Balaban J connectivity index is 1.33. The van der Waals surface area contributed by atoms with Gasteiger partial charge in [0.1, 0.15) is 17.3 Å². The Morgan fingerprint density at radius 2 is 1.39 bits per heavy atom. The molecule has 0 spiro atoms. The standard InChI is InChI=1S/C33H38N6O2/c1-37-16-18-38(19-17-37)32-30-14-8-25-20-26(9-15-29(25)31(30)35-33(34)36-32)39(21-23-4-10-27(40-2)11-5-23)22-24-6-12-28(41-3)13-7-24/h4-7,9-13,15,20H,8,14,16-19,21-22H2,1-3H3,(H2,34,35,36). The van der Waals surface area contributed by atoms with Crippen LogP contribution in [0, 0.1) is 0 Å². The van der Waals surface area contributed by atoms with Crippen LogP contribution in [0.1, 0.15) is 22.3 Å². The number of hydrogen-bond donors (Lipinski definition) is 1. The van der Waals surface area contributed by atoms with Crippen molar-refractivity contribution in [2.75, 3.05) is 63.0 Å². The van der Waals surface area contributed by atoms with E-state index in [1.165, 1.54) is 27.9 Å². The van der Waals surface area contributed by atoms with Crippen molar-refractivity contribution in [2.24, 2.45) is 0 Å². The number of ether oxygens (including phenoxy) is 2. The maximum absolute atomic E-state index is 6.28. The van der Waals surface area contributed by atoms with Gasteiger partial charge in [-0.05, 0) is 73.0 Å². The lowest BCUT2D eigenvalue weighted by Gasteiger charge is -2.35. The van der Waals surface area contributed by atoms with Crippen molar-refractivity contribution >= 4 is 17.5 Å². The predicted octanol–water partition coefficient (Wildman–Crippen LogP) is 4.80. The highest BCUT2D eigenvalue weighted by Gasteiger charge is 2.27. The fourth-order valence-electron chi connectivity index (χ4n) is 5.84. The molecule has 1 aliphatic heterocycles. The first-order chi connectivity index (χ1) is 20.0. The van der Waals surface area contributed by atoms with Crippen molar-refractivity contribution < 1.29 is 9.47 Å². The van der Waals surface area contributed by atoms with Crippen LogP contribution in [0.25, 0.3) is 11.3 Å². The minimum absolute atomic E-state index is 0.343. The summed E-state index contributed by atoms with van der Waals surface area (Å²) >= 11 is 0. The second kappa shape index (κ2) is 11.7. The lowest BCUT2D eigenvalue weighted by molar-refractivity contribution is 0.312. The zero-order valence-electron chi connectivity index (χ0n) is 24.1. The number of fused-ring (bicyclic) bond motifs is 3. The zero-order valence-corrected chi connectivity index (χ0v) is 24.1. The molecule has 212 valence electrons. The van der Waals surface area contributed by atoms with E-state index in [2.05, 4.69) is 64.2 Å². The van der Waals surface area contributed by atoms with E-state index in [1.807, 2.05) is 24.3 Å². The zero-order chi connectivity index (χ0) is 28.3. The van der Waals surface area contributed by atoms with Crippen molar-refractivity contribution in [1.29, 1.82) is 0 Å². The first-order valence-corrected chi connectivity index (χ1v) is 14.2. The second-order valence-corrected chi connectivity index (χ2v) is 10.9. The summed E-state index contributed by atoms with van der Waals surface area (Å²) in [6.45, 7) is 5.50. The van der Waals surface area contributed by atoms with Gasteiger partial charge in [0.15, 0.2) is 0 Å².